The van der Waals surface area contributed by atoms with Gasteiger partial charge in [0.1, 0.15) is 10.7 Å². The SMILES string of the molecule is Cn1nnc2c1[C@H](COCc1cccnc1)CN(Cc1nccs1)C2. The van der Waals surface area contributed by atoms with Crippen LogP contribution in [0.1, 0.15) is 27.9 Å². The molecule has 0 aromatic carbocycles. The van der Waals surface area contributed by atoms with Gasteiger partial charge in [-0.25, -0.2) is 4.98 Å². The molecule has 0 saturated heterocycles. The third-order valence-electron chi connectivity index (χ3n) is 4.34. The third-order valence-corrected chi connectivity index (χ3v) is 5.10. The summed E-state index contributed by atoms with van der Waals surface area (Å²) in [6, 6.07) is 3.96. The van der Waals surface area contributed by atoms with E-state index in [9.17, 15) is 0 Å². The summed E-state index contributed by atoms with van der Waals surface area (Å²) in [5.74, 6) is 0.250. The lowest BCUT2D eigenvalue weighted by molar-refractivity contribution is 0.0828. The highest BCUT2D eigenvalue weighted by molar-refractivity contribution is 7.09. The molecule has 3 aromatic heterocycles. The van der Waals surface area contributed by atoms with Crippen molar-refractivity contribution in [2.75, 3.05) is 13.2 Å². The quantitative estimate of drug-likeness (QED) is 0.673. The van der Waals surface area contributed by atoms with E-state index < -0.39 is 0 Å². The highest BCUT2D eigenvalue weighted by Gasteiger charge is 2.30. The smallest absolute Gasteiger partial charge is 0.107 e. The molecule has 130 valence electrons. The Bertz CT molecular complexity index is 804. The molecule has 25 heavy (non-hydrogen) atoms. The average Bonchev–Trinajstić information content (AvgIpc) is 3.26. The van der Waals surface area contributed by atoms with Gasteiger partial charge in [0.25, 0.3) is 0 Å². The Labute approximate surface area is 150 Å². The molecule has 0 saturated carbocycles. The molecule has 0 N–H and O–H groups in total. The van der Waals surface area contributed by atoms with Gasteiger partial charge in [-0.1, -0.05) is 11.3 Å². The molecule has 0 fully saturated rings. The number of thiazole rings is 1. The Hall–Kier alpha value is -2.16. The van der Waals surface area contributed by atoms with Crippen LogP contribution in [-0.2, 0) is 31.5 Å². The molecule has 0 amide bonds. The Morgan fingerprint density at radius 2 is 2.32 bits per heavy atom. The van der Waals surface area contributed by atoms with Gasteiger partial charge < -0.3 is 4.74 Å². The molecule has 0 bridgehead atoms. The van der Waals surface area contributed by atoms with Crippen molar-refractivity contribution >= 4 is 11.3 Å². The van der Waals surface area contributed by atoms with Crippen LogP contribution in [-0.4, -0.2) is 43.0 Å². The van der Waals surface area contributed by atoms with E-state index in [2.05, 4.69) is 25.2 Å². The number of nitrogens with zero attached hydrogens (tertiary/aromatic N) is 6. The van der Waals surface area contributed by atoms with Crippen molar-refractivity contribution in [3.63, 3.8) is 0 Å². The number of hydrogen-bond acceptors (Lipinski definition) is 7. The van der Waals surface area contributed by atoms with Crippen LogP contribution >= 0.6 is 11.3 Å². The second-order valence-electron chi connectivity index (χ2n) is 6.21. The minimum atomic E-state index is 0.250. The van der Waals surface area contributed by atoms with Crippen molar-refractivity contribution in [1.82, 2.24) is 29.9 Å². The number of aryl methyl sites for hydroxylation is 1. The largest absolute Gasteiger partial charge is 0.376 e. The fraction of sp³-hybridized carbons (Fsp3) is 0.412. The first-order chi connectivity index (χ1) is 12.3. The molecule has 0 spiro atoms. The van der Waals surface area contributed by atoms with Crippen LogP contribution in [0.15, 0.2) is 36.1 Å². The van der Waals surface area contributed by atoms with Crippen molar-refractivity contribution in [3.8, 4) is 0 Å². The highest BCUT2D eigenvalue weighted by atomic mass is 32.1. The average molecular weight is 356 g/mol. The Kier molecular flexibility index (Phi) is 4.82. The molecule has 0 radical (unpaired) electrons. The van der Waals surface area contributed by atoms with E-state index in [1.54, 1.807) is 17.5 Å². The molecule has 0 aliphatic carbocycles. The maximum absolute atomic E-state index is 5.98. The maximum Gasteiger partial charge on any atom is 0.107 e. The third kappa shape index (κ3) is 3.76. The molecule has 3 aromatic rings. The molecule has 4 rings (SSSR count). The molecule has 1 aliphatic rings. The standard InChI is InChI=1S/C17H20N6OS/c1-22-17-14(12-24-11-13-3-2-4-18-7-13)8-23(9-15(17)20-21-22)10-16-19-5-6-25-16/h2-7,14H,8-12H2,1H3/t14-/m0/s1. The van der Waals surface area contributed by atoms with Crippen molar-refractivity contribution in [2.45, 2.75) is 25.6 Å². The predicted octanol–water partition coefficient (Wildman–Crippen LogP) is 1.98. The van der Waals surface area contributed by atoms with Crippen molar-refractivity contribution in [2.24, 2.45) is 7.05 Å². The molecular formula is C17H20N6OS. The molecule has 0 unspecified atom stereocenters. The number of pyridine rings is 1. The first kappa shape index (κ1) is 16.3. The van der Waals surface area contributed by atoms with Gasteiger partial charge >= 0.3 is 0 Å². The second kappa shape index (κ2) is 7.38. The minimum absolute atomic E-state index is 0.250. The first-order valence-electron chi connectivity index (χ1n) is 8.25. The van der Waals surface area contributed by atoms with E-state index in [1.165, 1.54) is 5.69 Å². The first-order valence-corrected chi connectivity index (χ1v) is 9.13. The van der Waals surface area contributed by atoms with Gasteiger partial charge in [0.2, 0.25) is 0 Å². The van der Waals surface area contributed by atoms with Crippen molar-refractivity contribution in [3.05, 3.63) is 58.1 Å². The van der Waals surface area contributed by atoms with E-state index in [0.717, 1.165) is 35.9 Å². The van der Waals surface area contributed by atoms with Crippen LogP contribution in [0.25, 0.3) is 0 Å². The Morgan fingerprint density at radius 1 is 1.36 bits per heavy atom. The van der Waals surface area contributed by atoms with Crippen molar-refractivity contribution < 1.29 is 4.74 Å². The molecule has 1 atom stereocenters. The molecule has 8 heteroatoms. The maximum atomic E-state index is 5.98. The zero-order valence-electron chi connectivity index (χ0n) is 14.1. The number of rotatable bonds is 6. The normalized spacial score (nSPS) is 17.6. The van der Waals surface area contributed by atoms with Gasteiger partial charge in [0, 0.05) is 50.0 Å². The molecule has 4 heterocycles. The Morgan fingerprint density at radius 3 is 3.12 bits per heavy atom. The number of aromatic nitrogens is 5. The van der Waals surface area contributed by atoms with Gasteiger partial charge in [0.15, 0.2) is 0 Å². The molecule has 1 aliphatic heterocycles. The fourth-order valence-corrected chi connectivity index (χ4v) is 3.93. The summed E-state index contributed by atoms with van der Waals surface area (Å²) in [7, 11) is 1.95. The summed E-state index contributed by atoms with van der Waals surface area (Å²) >= 11 is 1.69. The predicted molar refractivity (Wildman–Crippen MR) is 93.9 cm³/mol. The topological polar surface area (TPSA) is 69.0 Å². The summed E-state index contributed by atoms with van der Waals surface area (Å²) in [4.78, 5) is 10.9. The monoisotopic (exact) mass is 356 g/mol. The van der Waals surface area contributed by atoms with E-state index in [1.807, 2.05) is 41.6 Å². The van der Waals surface area contributed by atoms with Crippen LogP contribution in [0, 0.1) is 0 Å². The van der Waals surface area contributed by atoms with Crippen molar-refractivity contribution in [1.29, 1.82) is 0 Å². The molecular weight excluding hydrogens is 336 g/mol. The number of hydrogen-bond donors (Lipinski definition) is 0. The van der Waals surface area contributed by atoms with Gasteiger partial charge in [-0.05, 0) is 11.6 Å². The van der Waals surface area contributed by atoms with Gasteiger partial charge in [-0.3, -0.25) is 14.6 Å². The molecule has 7 nitrogen and oxygen atoms in total. The lowest BCUT2D eigenvalue weighted by Gasteiger charge is -2.31. The van der Waals surface area contributed by atoms with Crippen LogP contribution in [0.3, 0.4) is 0 Å². The van der Waals surface area contributed by atoms with Gasteiger partial charge in [-0.15, -0.1) is 16.4 Å². The summed E-state index contributed by atoms with van der Waals surface area (Å²) in [6.07, 6.45) is 5.47. The van der Waals surface area contributed by atoms with Gasteiger partial charge in [-0.2, -0.15) is 0 Å². The fourth-order valence-electron chi connectivity index (χ4n) is 3.27. The summed E-state index contributed by atoms with van der Waals surface area (Å²) < 4.78 is 7.86. The zero-order chi connectivity index (χ0) is 17.1. The number of fused-ring (bicyclic) bond motifs is 1. The van der Waals surface area contributed by atoms with E-state index in [4.69, 9.17) is 4.74 Å². The lowest BCUT2D eigenvalue weighted by atomic mass is 9.99. The lowest BCUT2D eigenvalue weighted by Crippen LogP contribution is -2.36. The summed E-state index contributed by atoms with van der Waals surface area (Å²) in [6.45, 7) is 3.77. The summed E-state index contributed by atoms with van der Waals surface area (Å²) in [5.41, 5.74) is 3.31. The van der Waals surface area contributed by atoms with E-state index in [0.29, 0.717) is 13.2 Å². The Balaban J connectivity index is 1.44. The highest BCUT2D eigenvalue weighted by Crippen LogP contribution is 2.28. The second-order valence-corrected chi connectivity index (χ2v) is 7.19. The zero-order valence-corrected chi connectivity index (χ0v) is 14.9. The summed E-state index contributed by atoms with van der Waals surface area (Å²) in [5, 5.41) is 11.7. The van der Waals surface area contributed by atoms with E-state index >= 15 is 0 Å². The van der Waals surface area contributed by atoms with Crippen LogP contribution < -0.4 is 0 Å². The van der Waals surface area contributed by atoms with Crippen LogP contribution in [0.5, 0.6) is 0 Å². The van der Waals surface area contributed by atoms with Crippen LogP contribution in [0.2, 0.25) is 0 Å². The van der Waals surface area contributed by atoms with E-state index in [-0.39, 0.29) is 5.92 Å². The van der Waals surface area contributed by atoms with Gasteiger partial charge in [0.05, 0.1) is 25.5 Å². The van der Waals surface area contributed by atoms with Crippen LogP contribution in [0.4, 0.5) is 0 Å². The number of ether oxygens (including phenoxy) is 1. The minimum Gasteiger partial charge on any atom is -0.376 e.